The van der Waals surface area contributed by atoms with Crippen molar-refractivity contribution in [2.75, 3.05) is 6.61 Å². The van der Waals surface area contributed by atoms with E-state index < -0.39 is 82.2 Å². The Balaban J connectivity index is 1.81. The molecule has 11 nitrogen and oxygen atoms in total. The summed E-state index contributed by atoms with van der Waals surface area (Å²) >= 11 is 0. The molecule has 0 aromatic heterocycles. The van der Waals surface area contributed by atoms with Crippen LogP contribution in [-0.4, -0.2) is 87.3 Å². The Bertz CT molecular complexity index is 1350. The van der Waals surface area contributed by atoms with Gasteiger partial charge >= 0.3 is 17.9 Å². The van der Waals surface area contributed by atoms with Crippen LogP contribution in [0.15, 0.2) is 41.5 Å². The lowest BCUT2D eigenvalue weighted by molar-refractivity contribution is -0.342. The molecule has 0 spiro atoms. The number of carbonyl (C=O) groups excluding carboxylic acids is 4. The molecular weight excluding hydrogens is 548 g/mol. The van der Waals surface area contributed by atoms with Gasteiger partial charge in [0.25, 0.3) is 0 Å². The van der Waals surface area contributed by atoms with Crippen molar-refractivity contribution in [2.45, 2.75) is 96.1 Å². The number of ketones is 1. The molecule has 0 unspecified atom stereocenters. The number of aliphatic hydroxyl groups is 3. The minimum atomic E-state index is -2.08. The van der Waals surface area contributed by atoms with Crippen LogP contribution >= 0.6 is 0 Å². The summed E-state index contributed by atoms with van der Waals surface area (Å²) in [5, 5.41) is 35.6. The second kappa shape index (κ2) is 9.97. The van der Waals surface area contributed by atoms with Crippen molar-refractivity contribution >= 4 is 23.7 Å². The highest BCUT2D eigenvalue weighted by molar-refractivity contribution is 5.95. The van der Waals surface area contributed by atoms with E-state index in [4.69, 9.17) is 18.9 Å². The average Bonchev–Trinajstić information content (AvgIpc) is 2.90. The normalized spacial score (nSPS) is 40.4. The molecule has 3 aliphatic carbocycles. The van der Waals surface area contributed by atoms with Gasteiger partial charge in [-0.15, -0.1) is 0 Å². The van der Waals surface area contributed by atoms with E-state index in [1.54, 1.807) is 51.1 Å². The predicted molar refractivity (Wildman–Crippen MR) is 145 cm³/mol. The van der Waals surface area contributed by atoms with Gasteiger partial charge in [0, 0.05) is 32.1 Å². The van der Waals surface area contributed by atoms with Crippen LogP contribution in [0, 0.1) is 16.7 Å². The molecule has 1 aromatic rings. The fraction of sp³-hybridized carbons (Fsp3) is 0.613. The van der Waals surface area contributed by atoms with E-state index in [-0.39, 0.29) is 30.6 Å². The van der Waals surface area contributed by atoms with Crippen molar-refractivity contribution in [2.24, 2.45) is 16.7 Å². The first-order valence-corrected chi connectivity index (χ1v) is 14.1. The van der Waals surface area contributed by atoms with Gasteiger partial charge in [0.2, 0.25) is 0 Å². The number of rotatable bonds is 4. The van der Waals surface area contributed by atoms with Crippen LogP contribution in [-0.2, 0) is 33.3 Å². The number of Topliss-reactive ketones (excluding diaryl/α,β-unsaturated/α-hetero) is 1. The van der Waals surface area contributed by atoms with Crippen molar-refractivity contribution in [3.63, 3.8) is 0 Å². The van der Waals surface area contributed by atoms with Crippen LogP contribution in [0.4, 0.5) is 0 Å². The molecule has 1 heterocycles. The van der Waals surface area contributed by atoms with E-state index >= 15 is 0 Å². The highest BCUT2D eigenvalue weighted by Crippen LogP contribution is 2.64. The number of hydrogen-bond acceptors (Lipinski definition) is 11. The van der Waals surface area contributed by atoms with Gasteiger partial charge in [-0.05, 0) is 37.1 Å². The number of fused-ring (bicyclic) bond motifs is 5. The molecule has 4 aliphatic rings. The summed E-state index contributed by atoms with van der Waals surface area (Å²) in [5.74, 6) is -4.41. The maximum absolute atomic E-state index is 14.8. The summed E-state index contributed by atoms with van der Waals surface area (Å²) in [4.78, 5) is 53.4. The van der Waals surface area contributed by atoms with Gasteiger partial charge < -0.3 is 34.3 Å². The third-order valence-electron chi connectivity index (χ3n) is 10.2. The highest BCUT2D eigenvalue weighted by atomic mass is 16.6. The predicted octanol–water partition coefficient (Wildman–Crippen LogP) is 1.65. The fourth-order valence-corrected chi connectivity index (χ4v) is 7.86. The van der Waals surface area contributed by atoms with E-state index in [2.05, 4.69) is 0 Å². The summed E-state index contributed by atoms with van der Waals surface area (Å²) in [7, 11) is 0. The van der Waals surface area contributed by atoms with E-state index in [0.717, 1.165) is 13.8 Å². The maximum Gasteiger partial charge on any atom is 0.338 e. The molecule has 1 aliphatic heterocycles. The van der Waals surface area contributed by atoms with Gasteiger partial charge in [-0.25, -0.2) is 4.79 Å². The quantitative estimate of drug-likeness (QED) is 0.267. The molecular formula is C31H38O11. The molecule has 3 N–H and O–H groups in total. The van der Waals surface area contributed by atoms with Crippen molar-refractivity contribution in [3.05, 3.63) is 47.0 Å². The largest absolute Gasteiger partial charge is 0.459 e. The molecule has 1 saturated heterocycles. The summed E-state index contributed by atoms with van der Waals surface area (Å²) in [6.07, 6.45) is -7.24. The van der Waals surface area contributed by atoms with E-state index in [1.165, 1.54) is 6.92 Å². The maximum atomic E-state index is 14.8. The Morgan fingerprint density at radius 3 is 2.17 bits per heavy atom. The van der Waals surface area contributed by atoms with E-state index in [1.807, 2.05) is 0 Å². The first-order valence-electron chi connectivity index (χ1n) is 14.1. The van der Waals surface area contributed by atoms with Crippen LogP contribution in [0.25, 0.3) is 0 Å². The fourth-order valence-electron chi connectivity index (χ4n) is 7.86. The topological polar surface area (TPSA) is 166 Å². The lowest BCUT2D eigenvalue weighted by atomic mass is 9.44. The van der Waals surface area contributed by atoms with Crippen molar-refractivity contribution in [3.8, 4) is 0 Å². The summed E-state index contributed by atoms with van der Waals surface area (Å²) in [5.41, 5.74) is -6.31. The number of hydrogen-bond donors (Lipinski definition) is 3. The van der Waals surface area contributed by atoms with Gasteiger partial charge in [0.15, 0.2) is 17.5 Å². The third kappa shape index (κ3) is 4.08. The van der Waals surface area contributed by atoms with Gasteiger partial charge in [-0.2, -0.15) is 0 Å². The molecule has 2 bridgehead atoms. The van der Waals surface area contributed by atoms with Crippen molar-refractivity contribution in [1.82, 2.24) is 0 Å². The van der Waals surface area contributed by atoms with Crippen LogP contribution in [0.1, 0.15) is 64.7 Å². The molecule has 0 amide bonds. The number of benzene rings is 1. The monoisotopic (exact) mass is 586 g/mol. The number of ether oxygens (including phenoxy) is 4. The number of aliphatic hydroxyl groups excluding tert-OH is 2. The van der Waals surface area contributed by atoms with Gasteiger partial charge in [-0.1, -0.05) is 32.0 Å². The van der Waals surface area contributed by atoms with E-state index in [9.17, 15) is 34.5 Å². The van der Waals surface area contributed by atoms with Crippen LogP contribution < -0.4 is 0 Å². The zero-order valence-electron chi connectivity index (χ0n) is 24.6. The molecule has 1 aromatic carbocycles. The Morgan fingerprint density at radius 1 is 1.00 bits per heavy atom. The molecule has 11 heteroatoms. The molecule has 9 atom stereocenters. The molecule has 5 rings (SSSR count). The standard InChI is InChI=1S/C31H38O11/c1-15-19(34)13-31(38)26(41-17(3)33)24-29(6,25(36)23(40-16(2)32)22(15)28(31,4)5)20(35)12-21-30(24,14-39-21)42-27(37)18-10-8-7-9-11-18/h7-11,19-21,23-24,26,34-35,38H,12-14H2,1-6H3/t19-,20-,21+,23+,24-,26-,29+,30-,31+/m0/s1. The second-order valence-corrected chi connectivity index (χ2v) is 12.8. The van der Waals surface area contributed by atoms with Crippen LogP contribution in [0.5, 0.6) is 0 Å². The summed E-state index contributed by atoms with van der Waals surface area (Å²) in [6, 6.07) is 8.17. The minimum absolute atomic E-state index is 0.122. The van der Waals surface area contributed by atoms with Gasteiger partial charge in [0.05, 0.1) is 35.7 Å². The van der Waals surface area contributed by atoms with Crippen LogP contribution in [0.3, 0.4) is 0 Å². The Labute approximate surface area is 243 Å². The molecule has 3 fully saturated rings. The van der Waals surface area contributed by atoms with Gasteiger partial charge in [-0.3, -0.25) is 14.4 Å². The number of carbonyl (C=O) groups is 4. The Kier molecular flexibility index (Phi) is 7.20. The average molecular weight is 587 g/mol. The second-order valence-electron chi connectivity index (χ2n) is 12.8. The van der Waals surface area contributed by atoms with E-state index in [0.29, 0.717) is 5.57 Å². The van der Waals surface area contributed by atoms with Gasteiger partial charge in [0.1, 0.15) is 17.8 Å². The SMILES string of the molecule is CC(=O)O[C@H]1C(=O)[C@@]2(C)[C@H]([C@H](OC(C)=O)[C@]3(O)C[C@H](O)C(C)=C1C3(C)C)[C@]1(OC(=O)c3ccccc3)CO[C@@H]1C[C@@H]2O. The molecule has 42 heavy (non-hydrogen) atoms. The van der Waals surface area contributed by atoms with Crippen LogP contribution in [0.2, 0.25) is 0 Å². The number of esters is 3. The van der Waals surface area contributed by atoms with Crippen molar-refractivity contribution < 1.29 is 53.4 Å². The zero-order chi connectivity index (χ0) is 31.0. The zero-order valence-corrected chi connectivity index (χ0v) is 24.6. The lowest BCUT2D eigenvalue weighted by Gasteiger charge is -2.67. The highest BCUT2D eigenvalue weighted by Gasteiger charge is 2.78. The van der Waals surface area contributed by atoms with Crippen molar-refractivity contribution in [1.29, 1.82) is 0 Å². The third-order valence-corrected chi connectivity index (χ3v) is 10.2. The smallest absolute Gasteiger partial charge is 0.338 e. The molecule has 228 valence electrons. The first-order chi connectivity index (χ1) is 19.5. The molecule has 2 saturated carbocycles. The Morgan fingerprint density at radius 2 is 1.62 bits per heavy atom. The minimum Gasteiger partial charge on any atom is -0.459 e. The summed E-state index contributed by atoms with van der Waals surface area (Å²) < 4.78 is 23.6. The first kappa shape index (κ1) is 30.3. The molecule has 0 radical (unpaired) electrons. The summed E-state index contributed by atoms with van der Waals surface area (Å²) in [6.45, 7) is 8.35. The Hall–Kier alpha value is -3.12. The lowest BCUT2D eigenvalue weighted by Crippen LogP contribution is -2.81.